The number of nitrogens with one attached hydrogen (secondary N) is 1. The number of carbonyl (C=O) groups excluding carboxylic acids is 1. The van der Waals surface area contributed by atoms with Crippen molar-refractivity contribution in [2.75, 3.05) is 37.7 Å². The number of β-amino-alcohol motifs (C(OH)–C–C–N with tert-alkyl or cyclic N) is 1. The molecular weight excluding hydrogens is 394 g/mol. The molecule has 0 saturated carbocycles. The minimum atomic E-state index is -1.01. The average Bonchev–Trinajstić information content (AvgIpc) is 3.20. The fourth-order valence-corrected chi connectivity index (χ4v) is 3.75. The van der Waals surface area contributed by atoms with E-state index in [0.717, 1.165) is 23.1 Å². The second-order valence-electron chi connectivity index (χ2n) is 7.79. The lowest BCUT2D eigenvalue weighted by Gasteiger charge is -2.25. The van der Waals surface area contributed by atoms with Crippen molar-refractivity contribution in [2.45, 2.75) is 18.4 Å². The molecule has 1 saturated heterocycles. The monoisotopic (exact) mass is 421 g/mol. The molecule has 8 nitrogen and oxygen atoms in total. The number of pyridine rings is 2. The minimum absolute atomic E-state index is 0.174. The molecule has 1 atom stereocenters. The molecule has 1 unspecified atom stereocenters. The number of fused-ring (bicyclic) bond motifs is 1. The van der Waals surface area contributed by atoms with Crippen LogP contribution in [0, 0.1) is 0 Å². The summed E-state index contributed by atoms with van der Waals surface area (Å²) in [6, 6.07) is 12.6. The molecule has 1 fully saturated rings. The molecule has 4 rings (SSSR count). The van der Waals surface area contributed by atoms with Crippen LogP contribution in [-0.4, -0.2) is 59.4 Å². The van der Waals surface area contributed by atoms with Gasteiger partial charge in [0.15, 0.2) is 0 Å². The number of amides is 1. The van der Waals surface area contributed by atoms with Crippen LogP contribution in [0.3, 0.4) is 0 Å². The van der Waals surface area contributed by atoms with Gasteiger partial charge in [0.1, 0.15) is 16.9 Å². The first-order valence-corrected chi connectivity index (χ1v) is 10.5. The van der Waals surface area contributed by atoms with Crippen LogP contribution in [0.25, 0.3) is 11.0 Å². The number of ether oxygens (including phenoxy) is 1. The molecule has 2 aromatic heterocycles. The molecule has 0 bridgehead atoms. The van der Waals surface area contributed by atoms with Gasteiger partial charge in [0, 0.05) is 37.6 Å². The highest BCUT2D eigenvalue weighted by Crippen LogP contribution is 2.30. The lowest BCUT2D eigenvalue weighted by molar-refractivity contribution is 0.0576. The average molecular weight is 422 g/mol. The van der Waals surface area contributed by atoms with Gasteiger partial charge in [0.05, 0.1) is 17.8 Å². The van der Waals surface area contributed by atoms with Crippen molar-refractivity contribution in [3.05, 3.63) is 60.4 Å². The number of aliphatic hydroxyl groups is 1. The Bertz CT molecular complexity index is 1040. The maximum absolute atomic E-state index is 12.5. The Hall–Kier alpha value is -3.23. The fraction of sp³-hybridized carbons (Fsp3) is 0.348. The SMILES string of the molecule is NCCCOc1ccc(C(=O)NCC2(O)CCN(c3ccnc4cccnc34)C2)cc1. The Balaban J connectivity index is 1.35. The van der Waals surface area contributed by atoms with Gasteiger partial charge in [-0.05, 0) is 61.9 Å². The van der Waals surface area contributed by atoms with Gasteiger partial charge >= 0.3 is 0 Å². The lowest BCUT2D eigenvalue weighted by atomic mass is 10.0. The van der Waals surface area contributed by atoms with Crippen LogP contribution in [0.5, 0.6) is 5.75 Å². The van der Waals surface area contributed by atoms with Crippen LogP contribution in [0.1, 0.15) is 23.2 Å². The Morgan fingerprint density at radius 1 is 1.19 bits per heavy atom. The Morgan fingerprint density at radius 2 is 2.03 bits per heavy atom. The molecular formula is C23H27N5O3. The minimum Gasteiger partial charge on any atom is -0.494 e. The molecule has 3 aromatic rings. The van der Waals surface area contributed by atoms with Gasteiger partial charge in [0.2, 0.25) is 0 Å². The third-order valence-corrected chi connectivity index (χ3v) is 5.46. The van der Waals surface area contributed by atoms with Crippen molar-refractivity contribution in [1.82, 2.24) is 15.3 Å². The number of nitrogens with zero attached hydrogens (tertiary/aromatic N) is 3. The number of hydrogen-bond donors (Lipinski definition) is 3. The van der Waals surface area contributed by atoms with E-state index in [4.69, 9.17) is 10.5 Å². The number of rotatable bonds is 8. The van der Waals surface area contributed by atoms with Gasteiger partial charge in [-0.25, -0.2) is 0 Å². The number of hydrogen-bond acceptors (Lipinski definition) is 7. The standard InChI is InChI=1S/C23H27N5O3/c24-10-2-14-31-18-6-4-17(5-7-18)22(29)27-15-23(30)9-13-28(16-23)20-8-12-25-19-3-1-11-26-21(19)20/h1,3-8,11-12,30H,2,9-10,13-16,24H2,(H,27,29). The van der Waals surface area contributed by atoms with E-state index in [1.165, 1.54) is 0 Å². The number of carbonyl (C=O) groups is 1. The number of anilines is 1. The largest absolute Gasteiger partial charge is 0.494 e. The zero-order valence-corrected chi connectivity index (χ0v) is 17.3. The van der Waals surface area contributed by atoms with Crippen molar-refractivity contribution in [3.8, 4) is 5.75 Å². The van der Waals surface area contributed by atoms with Gasteiger partial charge in [0.25, 0.3) is 5.91 Å². The van der Waals surface area contributed by atoms with E-state index >= 15 is 0 Å². The molecule has 1 aliphatic heterocycles. The van der Waals surface area contributed by atoms with Crippen LogP contribution in [0.4, 0.5) is 5.69 Å². The van der Waals surface area contributed by atoms with Crippen molar-refractivity contribution in [3.63, 3.8) is 0 Å². The van der Waals surface area contributed by atoms with Gasteiger partial charge in [-0.1, -0.05) is 0 Å². The van der Waals surface area contributed by atoms with E-state index in [2.05, 4.69) is 20.2 Å². The number of aromatic nitrogens is 2. The molecule has 0 spiro atoms. The maximum Gasteiger partial charge on any atom is 0.251 e. The first-order chi connectivity index (χ1) is 15.1. The highest BCUT2D eigenvalue weighted by atomic mass is 16.5. The summed E-state index contributed by atoms with van der Waals surface area (Å²) in [4.78, 5) is 23.4. The third-order valence-electron chi connectivity index (χ3n) is 5.46. The van der Waals surface area contributed by atoms with Crippen LogP contribution in [0.15, 0.2) is 54.9 Å². The fourth-order valence-electron chi connectivity index (χ4n) is 3.75. The zero-order valence-electron chi connectivity index (χ0n) is 17.3. The molecule has 1 aromatic carbocycles. The molecule has 3 heterocycles. The van der Waals surface area contributed by atoms with Crippen LogP contribution in [0.2, 0.25) is 0 Å². The van der Waals surface area contributed by atoms with E-state index in [-0.39, 0.29) is 12.5 Å². The Labute approximate surface area is 181 Å². The predicted molar refractivity (Wildman–Crippen MR) is 119 cm³/mol. The summed E-state index contributed by atoms with van der Waals surface area (Å²) in [5.41, 5.74) is 7.54. The van der Waals surface area contributed by atoms with E-state index in [1.807, 2.05) is 18.2 Å². The summed E-state index contributed by atoms with van der Waals surface area (Å²) in [5, 5.41) is 13.9. The summed E-state index contributed by atoms with van der Waals surface area (Å²) < 4.78 is 5.56. The van der Waals surface area contributed by atoms with Gasteiger partial charge in [-0.3, -0.25) is 14.8 Å². The second kappa shape index (κ2) is 9.28. The molecule has 8 heteroatoms. The predicted octanol–water partition coefficient (Wildman–Crippen LogP) is 1.73. The summed E-state index contributed by atoms with van der Waals surface area (Å²) in [6.07, 6.45) is 4.83. The van der Waals surface area contributed by atoms with Gasteiger partial charge in [-0.15, -0.1) is 0 Å². The summed E-state index contributed by atoms with van der Waals surface area (Å²) in [7, 11) is 0. The molecule has 31 heavy (non-hydrogen) atoms. The topological polar surface area (TPSA) is 114 Å². The first kappa shape index (κ1) is 21.0. The van der Waals surface area contributed by atoms with Crippen molar-refractivity contribution >= 4 is 22.6 Å². The zero-order chi connectivity index (χ0) is 21.7. The smallest absolute Gasteiger partial charge is 0.251 e. The van der Waals surface area contributed by atoms with E-state index in [1.54, 1.807) is 36.7 Å². The quantitative estimate of drug-likeness (QED) is 0.475. The third kappa shape index (κ3) is 4.92. The van der Waals surface area contributed by atoms with E-state index in [9.17, 15) is 9.90 Å². The van der Waals surface area contributed by atoms with Crippen molar-refractivity contribution < 1.29 is 14.6 Å². The molecule has 4 N–H and O–H groups in total. The Morgan fingerprint density at radius 3 is 2.84 bits per heavy atom. The molecule has 0 radical (unpaired) electrons. The van der Waals surface area contributed by atoms with Gasteiger partial charge < -0.3 is 25.8 Å². The van der Waals surface area contributed by atoms with Gasteiger partial charge in [-0.2, -0.15) is 0 Å². The van der Waals surface area contributed by atoms with E-state index in [0.29, 0.717) is 44.0 Å². The molecule has 0 aliphatic carbocycles. The van der Waals surface area contributed by atoms with Crippen LogP contribution >= 0.6 is 0 Å². The Kier molecular flexibility index (Phi) is 6.29. The molecule has 162 valence electrons. The summed E-state index contributed by atoms with van der Waals surface area (Å²) in [6.45, 7) is 2.39. The summed E-state index contributed by atoms with van der Waals surface area (Å²) >= 11 is 0. The van der Waals surface area contributed by atoms with Crippen LogP contribution < -0.4 is 20.7 Å². The first-order valence-electron chi connectivity index (χ1n) is 10.5. The summed E-state index contributed by atoms with van der Waals surface area (Å²) in [5.74, 6) is 0.477. The van der Waals surface area contributed by atoms with E-state index < -0.39 is 5.60 Å². The normalized spacial score (nSPS) is 18.3. The lowest BCUT2D eigenvalue weighted by Crippen LogP contribution is -2.45. The van der Waals surface area contributed by atoms with Crippen molar-refractivity contribution in [1.29, 1.82) is 0 Å². The second-order valence-corrected chi connectivity index (χ2v) is 7.79. The number of benzene rings is 1. The maximum atomic E-state index is 12.5. The number of nitrogens with two attached hydrogens (primary N) is 1. The molecule has 1 aliphatic rings. The molecule has 1 amide bonds. The van der Waals surface area contributed by atoms with Crippen LogP contribution in [-0.2, 0) is 0 Å². The highest BCUT2D eigenvalue weighted by molar-refractivity contribution is 5.94. The highest BCUT2D eigenvalue weighted by Gasteiger charge is 2.37. The van der Waals surface area contributed by atoms with Crippen molar-refractivity contribution in [2.24, 2.45) is 5.73 Å².